The van der Waals surface area contributed by atoms with Gasteiger partial charge in [-0.15, -0.1) is 0 Å². The van der Waals surface area contributed by atoms with Crippen LogP contribution >= 0.6 is 0 Å². The second-order valence-corrected chi connectivity index (χ2v) is 4.53. The third-order valence-electron chi connectivity index (χ3n) is 3.30. The van der Waals surface area contributed by atoms with Crippen LogP contribution in [0.1, 0.15) is 19.3 Å². The molecule has 2 aliphatic rings. The molecular formula is C11H17F3N2. The normalized spacial score (nSPS) is 28.2. The van der Waals surface area contributed by atoms with Gasteiger partial charge in [-0.25, -0.2) is 0 Å². The highest BCUT2D eigenvalue weighted by molar-refractivity contribution is 5.13. The lowest BCUT2D eigenvalue weighted by Crippen LogP contribution is -2.40. The van der Waals surface area contributed by atoms with Gasteiger partial charge in [-0.3, -0.25) is 4.90 Å². The van der Waals surface area contributed by atoms with Crippen molar-refractivity contribution in [1.29, 1.82) is 0 Å². The van der Waals surface area contributed by atoms with Crippen LogP contribution in [0.2, 0.25) is 0 Å². The maximum atomic E-state index is 12.4. The van der Waals surface area contributed by atoms with E-state index in [0.29, 0.717) is 19.1 Å². The fourth-order valence-electron chi connectivity index (χ4n) is 2.36. The highest BCUT2D eigenvalue weighted by atomic mass is 19.4. The zero-order valence-corrected chi connectivity index (χ0v) is 9.19. The van der Waals surface area contributed by atoms with Crippen LogP contribution in [0.5, 0.6) is 0 Å². The largest absolute Gasteiger partial charge is 0.412 e. The SMILES string of the molecule is FC(F)(F)C1=CCN(C[C@@H]2CCCN2)CC1. The molecule has 0 saturated carbocycles. The smallest absolute Gasteiger partial charge is 0.313 e. The van der Waals surface area contributed by atoms with Crippen LogP contribution in [0.4, 0.5) is 13.2 Å². The zero-order valence-electron chi connectivity index (χ0n) is 9.19. The van der Waals surface area contributed by atoms with Gasteiger partial charge < -0.3 is 5.32 Å². The molecule has 2 aliphatic heterocycles. The van der Waals surface area contributed by atoms with Gasteiger partial charge in [0.2, 0.25) is 0 Å². The fraction of sp³-hybridized carbons (Fsp3) is 0.818. The summed E-state index contributed by atoms with van der Waals surface area (Å²) in [6.45, 7) is 2.89. The van der Waals surface area contributed by atoms with Gasteiger partial charge in [0, 0.05) is 31.2 Å². The summed E-state index contributed by atoms with van der Waals surface area (Å²) in [7, 11) is 0. The number of hydrogen-bond donors (Lipinski definition) is 1. The van der Waals surface area contributed by atoms with E-state index in [-0.39, 0.29) is 12.0 Å². The molecule has 1 saturated heterocycles. The van der Waals surface area contributed by atoms with Crippen molar-refractivity contribution >= 4 is 0 Å². The Kier molecular flexibility index (Phi) is 3.54. The van der Waals surface area contributed by atoms with Gasteiger partial charge in [-0.1, -0.05) is 6.08 Å². The van der Waals surface area contributed by atoms with E-state index >= 15 is 0 Å². The van der Waals surface area contributed by atoms with Gasteiger partial charge in [0.1, 0.15) is 0 Å². The molecule has 0 aromatic heterocycles. The second kappa shape index (κ2) is 4.75. The van der Waals surface area contributed by atoms with Crippen molar-refractivity contribution in [3.63, 3.8) is 0 Å². The van der Waals surface area contributed by atoms with Crippen molar-refractivity contribution in [2.24, 2.45) is 0 Å². The van der Waals surface area contributed by atoms with Gasteiger partial charge in [0.05, 0.1) is 0 Å². The van der Waals surface area contributed by atoms with Crippen molar-refractivity contribution in [2.75, 3.05) is 26.2 Å². The molecule has 2 nitrogen and oxygen atoms in total. The Bertz CT molecular complexity index is 267. The average molecular weight is 234 g/mol. The van der Waals surface area contributed by atoms with Crippen molar-refractivity contribution in [3.8, 4) is 0 Å². The topological polar surface area (TPSA) is 15.3 Å². The number of nitrogens with zero attached hydrogens (tertiary/aromatic N) is 1. The molecule has 1 atom stereocenters. The first-order valence-electron chi connectivity index (χ1n) is 5.77. The molecule has 0 bridgehead atoms. The molecule has 0 aromatic rings. The van der Waals surface area contributed by atoms with Crippen LogP contribution in [0.25, 0.3) is 0 Å². The Hall–Kier alpha value is -0.550. The summed E-state index contributed by atoms with van der Waals surface area (Å²) >= 11 is 0. The molecule has 0 radical (unpaired) electrons. The Morgan fingerprint density at radius 3 is 2.75 bits per heavy atom. The van der Waals surface area contributed by atoms with Crippen molar-refractivity contribution in [3.05, 3.63) is 11.6 Å². The summed E-state index contributed by atoms with van der Waals surface area (Å²) in [6, 6.07) is 0.473. The first-order chi connectivity index (χ1) is 7.55. The maximum Gasteiger partial charge on any atom is 0.412 e. The fourth-order valence-corrected chi connectivity index (χ4v) is 2.36. The van der Waals surface area contributed by atoms with Gasteiger partial charge in [0.25, 0.3) is 0 Å². The molecule has 2 rings (SSSR count). The number of halogens is 3. The minimum absolute atomic E-state index is 0.135. The van der Waals surface area contributed by atoms with Gasteiger partial charge in [-0.2, -0.15) is 13.2 Å². The van der Waals surface area contributed by atoms with Crippen LogP contribution in [0.3, 0.4) is 0 Å². The van der Waals surface area contributed by atoms with Gasteiger partial charge >= 0.3 is 6.18 Å². The lowest BCUT2D eigenvalue weighted by Gasteiger charge is -2.29. The summed E-state index contributed by atoms with van der Waals surface area (Å²) in [5, 5.41) is 3.36. The van der Waals surface area contributed by atoms with E-state index in [2.05, 4.69) is 10.2 Å². The number of alkyl halides is 3. The summed E-state index contributed by atoms with van der Waals surface area (Å²) < 4.78 is 37.1. The predicted molar refractivity (Wildman–Crippen MR) is 56.2 cm³/mol. The molecule has 0 unspecified atom stereocenters. The lowest BCUT2D eigenvalue weighted by atomic mass is 10.1. The van der Waals surface area contributed by atoms with Gasteiger partial charge in [-0.05, 0) is 25.8 Å². The Labute approximate surface area is 93.5 Å². The molecule has 0 spiro atoms. The van der Waals surface area contributed by atoms with Crippen LogP contribution in [-0.4, -0.2) is 43.3 Å². The average Bonchev–Trinajstić information content (AvgIpc) is 2.70. The molecule has 5 heteroatoms. The minimum Gasteiger partial charge on any atom is -0.313 e. The monoisotopic (exact) mass is 234 g/mol. The van der Waals surface area contributed by atoms with E-state index in [9.17, 15) is 13.2 Å². The molecule has 92 valence electrons. The van der Waals surface area contributed by atoms with Crippen LogP contribution in [0, 0.1) is 0 Å². The van der Waals surface area contributed by atoms with E-state index in [1.165, 1.54) is 12.5 Å². The van der Waals surface area contributed by atoms with E-state index in [4.69, 9.17) is 0 Å². The molecule has 0 aromatic carbocycles. The Morgan fingerprint density at radius 2 is 2.25 bits per heavy atom. The lowest BCUT2D eigenvalue weighted by molar-refractivity contribution is -0.0960. The third-order valence-corrected chi connectivity index (χ3v) is 3.30. The van der Waals surface area contributed by atoms with E-state index in [0.717, 1.165) is 19.5 Å². The number of nitrogens with one attached hydrogen (secondary N) is 1. The Morgan fingerprint density at radius 1 is 1.44 bits per heavy atom. The van der Waals surface area contributed by atoms with Crippen molar-refractivity contribution in [2.45, 2.75) is 31.5 Å². The molecular weight excluding hydrogens is 217 g/mol. The summed E-state index contributed by atoms with van der Waals surface area (Å²) in [5.41, 5.74) is -0.358. The number of rotatable bonds is 2. The van der Waals surface area contributed by atoms with Crippen LogP contribution in [0.15, 0.2) is 11.6 Å². The summed E-state index contributed by atoms with van der Waals surface area (Å²) in [5.74, 6) is 0. The van der Waals surface area contributed by atoms with Crippen LogP contribution < -0.4 is 5.32 Å². The predicted octanol–water partition coefficient (Wildman–Crippen LogP) is 1.93. The summed E-state index contributed by atoms with van der Waals surface area (Å²) in [6.07, 6.45) is -0.332. The highest BCUT2D eigenvalue weighted by Gasteiger charge is 2.35. The summed E-state index contributed by atoms with van der Waals surface area (Å²) in [4.78, 5) is 2.10. The first-order valence-corrected chi connectivity index (χ1v) is 5.77. The van der Waals surface area contributed by atoms with Crippen LogP contribution in [-0.2, 0) is 0 Å². The quantitative estimate of drug-likeness (QED) is 0.734. The second-order valence-electron chi connectivity index (χ2n) is 4.53. The van der Waals surface area contributed by atoms with Gasteiger partial charge in [0.15, 0.2) is 0 Å². The van der Waals surface area contributed by atoms with E-state index in [1.54, 1.807) is 0 Å². The molecule has 1 fully saturated rings. The first kappa shape index (κ1) is 11.9. The molecule has 1 N–H and O–H groups in total. The Balaban J connectivity index is 1.82. The standard InChI is InChI=1S/C11H17F3N2/c12-11(13,14)9-3-6-16(7-4-9)8-10-2-1-5-15-10/h3,10,15H,1-2,4-8H2/t10-/m0/s1. The zero-order chi connectivity index (χ0) is 11.6. The van der Waals surface area contributed by atoms with E-state index in [1.807, 2.05) is 0 Å². The van der Waals surface area contributed by atoms with E-state index < -0.39 is 6.18 Å². The molecule has 0 amide bonds. The maximum absolute atomic E-state index is 12.4. The molecule has 0 aliphatic carbocycles. The molecule has 2 heterocycles. The number of hydrogen-bond acceptors (Lipinski definition) is 2. The highest BCUT2D eigenvalue weighted by Crippen LogP contribution is 2.30. The van der Waals surface area contributed by atoms with Crippen molar-refractivity contribution in [1.82, 2.24) is 10.2 Å². The minimum atomic E-state index is -4.13. The van der Waals surface area contributed by atoms with Crippen molar-refractivity contribution < 1.29 is 13.2 Å². The molecule has 16 heavy (non-hydrogen) atoms. The third kappa shape index (κ3) is 2.98.